The van der Waals surface area contributed by atoms with Gasteiger partial charge in [0.05, 0.1) is 31.4 Å². The van der Waals surface area contributed by atoms with Crippen LogP contribution in [0.2, 0.25) is 0 Å². The van der Waals surface area contributed by atoms with E-state index >= 15 is 0 Å². The molecule has 1 unspecified atom stereocenters. The van der Waals surface area contributed by atoms with Gasteiger partial charge in [0.15, 0.2) is 0 Å². The average molecular weight is 585 g/mol. The van der Waals surface area contributed by atoms with Crippen LogP contribution in [0.3, 0.4) is 0 Å². The molecule has 9 nitrogen and oxygen atoms in total. The normalized spacial score (nSPS) is 18.0. The van der Waals surface area contributed by atoms with Crippen LogP contribution < -0.4 is 19.3 Å². The van der Waals surface area contributed by atoms with Crippen LogP contribution in [0.4, 0.5) is 11.5 Å². The van der Waals surface area contributed by atoms with Crippen molar-refractivity contribution in [1.29, 1.82) is 0 Å². The number of carbonyl (C=O) groups is 2. The maximum atomic E-state index is 14.1. The molecule has 2 saturated carbocycles. The Bertz CT molecular complexity index is 1420. The Balaban J connectivity index is 1.12. The van der Waals surface area contributed by atoms with E-state index in [9.17, 15) is 14.7 Å². The fourth-order valence-corrected chi connectivity index (χ4v) is 6.33. The zero-order chi connectivity index (χ0) is 29.8. The lowest BCUT2D eigenvalue weighted by molar-refractivity contribution is -0.137. The lowest BCUT2D eigenvalue weighted by atomic mass is 9.90. The fourth-order valence-electron chi connectivity index (χ4n) is 6.33. The second kappa shape index (κ2) is 13.0. The maximum absolute atomic E-state index is 14.1. The highest BCUT2D eigenvalue weighted by atomic mass is 16.5. The van der Waals surface area contributed by atoms with Crippen LogP contribution in [0.5, 0.6) is 11.6 Å². The molecular weight excluding hydrogens is 544 g/mol. The van der Waals surface area contributed by atoms with Crippen LogP contribution >= 0.6 is 0 Å². The number of carboxylic acids is 1. The number of ether oxygens (including phenoxy) is 2. The predicted octanol–water partition coefficient (Wildman–Crippen LogP) is 5.95. The number of hydrogen-bond donors (Lipinski definition) is 1. The molecule has 1 saturated heterocycles. The van der Waals surface area contributed by atoms with Gasteiger partial charge >= 0.3 is 5.97 Å². The van der Waals surface area contributed by atoms with Gasteiger partial charge in [-0.05, 0) is 98.6 Å². The summed E-state index contributed by atoms with van der Waals surface area (Å²) in [6, 6.07) is 15.4. The van der Waals surface area contributed by atoms with E-state index in [-0.39, 0.29) is 24.3 Å². The van der Waals surface area contributed by atoms with Crippen molar-refractivity contribution in [2.75, 3.05) is 36.6 Å². The molecule has 43 heavy (non-hydrogen) atoms. The molecule has 226 valence electrons. The number of anilines is 2. The van der Waals surface area contributed by atoms with Crippen molar-refractivity contribution in [2.24, 2.45) is 11.8 Å². The molecule has 2 aromatic heterocycles. The van der Waals surface area contributed by atoms with Crippen molar-refractivity contribution in [2.45, 2.75) is 63.3 Å². The van der Waals surface area contributed by atoms with E-state index in [1.54, 1.807) is 19.5 Å². The lowest BCUT2D eigenvalue weighted by Gasteiger charge is -2.38. The first-order valence-corrected chi connectivity index (χ1v) is 15.5. The summed E-state index contributed by atoms with van der Waals surface area (Å²) in [5.41, 5.74) is 2.56. The summed E-state index contributed by atoms with van der Waals surface area (Å²) in [5, 5.41) is 9.38. The standard InChI is InChI=1S/C34H40N4O5/c1-42-27-10-11-28(34(41)38(26-5-4-6-26)31-7-2-3-15-35-31)30(20-27)37-17-13-23(14-18-37)22-43-32-19-25(12-16-36-32)29(21-33(39)40)24-8-9-24/h2-3,7,10-12,15-16,19-20,23-24,26,29H,4-6,8-9,13-14,17-18,21-22H2,1H3,(H,39,40). The Morgan fingerprint density at radius 2 is 1.81 bits per heavy atom. The predicted molar refractivity (Wildman–Crippen MR) is 164 cm³/mol. The molecule has 3 fully saturated rings. The molecule has 1 aliphatic heterocycles. The van der Waals surface area contributed by atoms with Crippen molar-refractivity contribution < 1.29 is 24.2 Å². The van der Waals surface area contributed by atoms with Crippen LogP contribution in [-0.2, 0) is 4.79 Å². The Kier molecular flexibility index (Phi) is 8.77. The Labute approximate surface area is 252 Å². The number of carboxylic acid groups (broad SMARTS) is 1. The molecule has 9 heteroatoms. The SMILES string of the molecule is COc1ccc(C(=O)N(c2ccccn2)C2CCC2)c(N2CCC(COc3cc(C(CC(=O)O)C4CC4)ccn3)CC2)c1. The Morgan fingerprint density at radius 3 is 2.47 bits per heavy atom. The van der Waals surface area contributed by atoms with E-state index in [0.29, 0.717) is 35.7 Å². The number of nitrogens with zero attached hydrogens (tertiary/aromatic N) is 4. The van der Waals surface area contributed by atoms with Crippen molar-refractivity contribution in [3.8, 4) is 11.6 Å². The molecule has 0 radical (unpaired) electrons. The van der Waals surface area contributed by atoms with Crippen LogP contribution in [0, 0.1) is 11.8 Å². The summed E-state index contributed by atoms with van der Waals surface area (Å²) >= 11 is 0. The van der Waals surface area contributed by atoms with Gasteiger partial charge in [0, 0.05) is 43.7 Å². The smallest absolute Gasteiger partial charge is 0.303 e. The quantitative estimate of drug-likeness (QED) is 0.279. The number of amides is 1. The lowest BCUT2D eigenvalue weighted by Crippen LogP contribution is -2.45. The molecule has 6 rings (SSSR count). The van der Waals surface area contributed by atoms with Crippen molar-refractivity contribution in [3.05, 3.63) is 72.1 Å². The first kappa shape index (κ1) is 29.0. The van der Waals surface area contributed by atoms with Gasteiger partial charge in [0.1, 0.15) is 11.6 Å². The second-order valence-corrected chi connectivity index (χ2v) is 12.0. The third kappa shape index (κ3) is 6.76. The molecule has 0 spiro atoms. The largest absolute Gasteiger partial charge is 0.497 e. The zero-order valence-electron chi connectivity index (χ0n) is 24.7. The van der Waals surface area contributed by atoms with E-state index in [4.69, 9.17) is 9.47 Å². The van der Waals surface area contributed by atoms with Gasteiger partial charge in [-0.25, -0.2) is 9.97 Å². The monoisotopic (exact) mass is 584 g/mol. The zero-order valence-corrected chi connectivity index (χ0v) is 24.7. The number of rotatable bonds is 12. The van der Waals surface area contributed by atoms with Crippen molar-refractivity contribution in [1.82, 2.24) is 9.97 Å². The first-order valence-electron chi connectivity index (χ1n) is 15.5. The molecule has 1 atom stereocenters. The Hall–Kier alpha value is -4.14. The minimum absolute atomic E-state index is 0.0174. The summed E-state index contributed by atoms with van der Waals surface area (Å²) in [4.78, 5) is 38.6. The molecule has 3 aliphatic rings. The highest BCUT2D eigenvalue weighted by molar-refractivity contribution is 6.10. The highest BCUT2D eigenvalue weighted by Gasteiger charge is 2.35. The van der Waals surface area contributed by atoms with Crippen molar-refractivity contribution in [3.63, 3.8) is 0 Å². The first-order chi connectivity index (χ1) is 21.0. The van der Waals surface area contributed by atoms with Gasteiger partial charge in [0.25, 0.3) is 5.91 Å². The van der Waals surface area contributed by atoms with Crippen LogP contribution in [0.15, 0.2) is 60.9 Å². The van der Waals surface area contributed by atoms with Crippen LogP contribution in [-0.4, -0.2) is 59.8 Å². The molecule has 1 aromatic carbocycles. The Morgan fingerprint density at radius 1 is 1.00 bits per heavy atom. The third-order valence-corrected chi connectivity index (χ3v) is 9.18. The van der Waals surface area contributed by atoms with E-state index in [1.807, 2.05) is 53.4 Å². The van der Waals surface area contributed by atoms with Gasteiger partial charge in [-0.1, -0.05) is 6.07 Å². The minimum atomic E-state index is -0.767. The molecule has 1 N–H and O–H groups in total. The fraction of sp³-hybridized carbons (Fsp3) is 0.471. The summed E-state index contributed by atoms with van der Waals surface area (Å²) in [7, 11) is 1.65. The molecule has 1 amide bonds. The van der Waals surface area contributed by atoms with Crippen molar-refractivity contribution >= 4 is 23.4 Å². The molecule has 2 aliphatic carbocycles. The van der Waals surface area contributed by atoms with Gasteiger partial charge < -0.3 is 19.5 Å². The molecule has 3 aromatic rings. The maximum Gasteiger partial charge on any atom is 0.303 e. The summed E-state index contributed by atoms with van der Waals surface area (Å²) < 4.78 is 11.7. The number of hydrogen-bond acceptors (Lipinski definition) is 7. The van der Waals surface area contributed by atoms with E-state index in [1.165, 1.54) is 0 Å². The molecular formula is C34H40N4O5. The van der Waals surface area contributed by atoms with Crippen LogP contribution in [0.25, 0.3) is 0 Å². The third-order valence-electron chi connectivity index (χ3n) is 9.18. The summed E-state index contributed by atoms with van der Waals surface area (Å²) in [6.07, 6.45) is 10.7. The number of carbonyl (C=O) groups excluding carboxylic acids is 1. The second-order valence-electron chi connectivity index (χ2n) is 12.0. The topological polar surface area (TPSA) is 105 Å². The highest BCUT2D eigenvalue weighted by Crippen LogP contribution is 2.45. The number of methoxy groups -OCH3 is 1. The van der Waals surface area contributed by atoms with E-state index in [2.05, 4.69) is 14.9 Å². The van der Waals surface area contributed by atoms with E-state index < -0.39 is 5.97 Å². The number of pyridine rings is 2. The number of aromatic nitrogens is 2. The van der Waals surface area contributed by atoms with Gasteiger partial charge in [-0.2, -0.15) is 0 Å². The minimum Gasteiger partial charge on any atom is -0.497 e. The molecule has 3 heterocycles. The van der Waals surface area contributed by atoms with Gasteiger partial charge in [-0.3, -0.25) is 14.5 Å². The van der Waals surface area contributed by atoms with E-state index in [0.717, 1.165) is 75.0 Å². The number of aliphatic carboxylic acids is 1. The molecule has 0 bridgehead atoms. The van der Waals surface area contributed by atoms with Gasteiger partial charge in [0.2, 0.25) is 5.88 Å². The summed E-state index contributed by atoms with van der Waals surface area (Å²) in [6.45, 7) is 2.14. The number of benzene rings is 1. The average Bonchev–Trinajstić information content (AvgIpc) is 3.86. The van der Waals surface area contributed by atoms with Gasteiger partial charge in [-0.15, -0.1) is 0 Å². The number of piperidine rings is 1. The van der Waals surface area contributed by atoms with Crippen LogP contribution in [0.1, 0.15) is 73.2 Å². The summed E-state index contributed by atoms with van der Waals surface area (Å²) in [5.74, 6) is 1.99.